The molecule has 8 nitrogen and oxygen atoms in total. The van der Waals surface area contributed by atoms with Crippen LogP contribution in [-0.2, 0) is 0 Å². The molecule has 1 fully saturated rings. The molecule has 0 atom stereocenters. The van der Waals surface area contributed by atoms with Crippen molar-refractivity contribution in [2.45, 2.75) is 38.1 Å². The zero-order valence-corrected chi connectivity index (χ0v) is 14.1. The third-order valence-corrected chi connectivity index (χ3v) is 4.04. The molecule has 1 aromatic rings. The number of phenols is 1. The van der Waals surface area contributed by atoms with Gasteiger partial charge in [0.05, 0.1) is 24.3 Å². The van der Waals surface area contributed by atoms with E-state index in [0.717, 1.165) is 18.9 Å². The van der Waals surface area contributed by atoms with Gasteiger partial charge in [-0.05, 0) is 25.1 Å². The second-order valence-corrected chi connectivity index (χ2v) is 5.93. The van der Waals surface area contributed by atoms with Gasteiger partial charge in [0.25, 0.3) is 5.69 Å². The predicted octanol–water partition coefficient (Wildman–Crippen LogP) is 2.44. The van der Waals surface area contributed by atoms with Gasteiger partial charge < -0.3 is 15.2 Å². The van der Waals surface area contributed by atoms with Crippen molar-refractivity contribution in [1.29, 1.82) is 0 Å². The first-order valence-electron chi connectivity index (χ1n) is 7.66. The minimum Gasteiger partial charge on any atom is -0.504 e. The number of rotatable bonds is 5. The Balaban J connectivity index is 2.01. The van der Waals surface area contributed by atoms with Crippen molar-refractivity contribution in [2.24, 2.45) is 5.10 Å². The molecule has 0 aliphatic heterocycles. The van der Waals surface area contributed by atoms with Crippen LogP contribution in [0.5, 0.6) is 11.5 Å². The van der Waals surface area contributed by atoms with Crippen molar-refractivity contribution < 1.29 is 14.8 Å². The topological polar surface area (TPSA) is 109 Å². The van der Waals surface area contributed by atoms with Gasteiger partial charge in [0.15, 0.2) is 16.6 Å². The fourth-order valence-electron chi connectivity index (χ4n) is 2.60. The van der Waals surface area contributed by atoms with E-state index in [1.807, 2.05) is 0 Å². The Bertz CT molecular complexity index is 645. The first-order chi connectivity index (χ1) is 11.5. The quantitative estimate of drug-likeness (QED) is 0.323. The Morgan fingerprint density at radius 3 is 2.79 bits per heavy atom. The number of nitrogens with one attached hydrogen (secondary N) is 2. The summed E-state index contributed by atoms with van der Waals surface area (Å²) < 4.78 is 4.93. The van der Waals surface area contributed by atoms with E-state index in [9.17, 15) is 15.2 Å². The molecular weight excluding hydrogens is 332 g/mol. The highest BCUT2D eigenvalue weighted by Gasteiger charge is 2.16. The number of nitrogens with zero attached hydrogens (tertiary/aromatic N) is 2. The van der Waals surface area contributed by atoms with Crippen LogP contribution in [0.2, 0.25) is 0 Å². The lowest BCUT2D eigenvalue weighted by Crippen LogP contribution is -2.40. The second-order valence-electron chi connectivity index (χ2n) is 5.52. The SMILES string of the molecule is COc1cc([N+](=O)[O-])cc(/C=N/NC(=S)NC2CCCCC2)c1O. The van der Waals surface area contributed by atoms with Gasteiger partial charge in [0, 0.05) is 17.7 Å². The number of non-ortho nitro benzene ring substituents is 1. The van der Waals surface area contributed by atoms with Crippen molar-refractivity contribution in [2.75, 3.05) is 7.11 Å². The summed E-state index contributed by atoms with van der Waals surface area (Å²) in [5.74, 6) is -0.214. The number of thiocarbonyl (C=S) groups is 1. The molecule has 0 spiro atoms. The molecule has 2 rings (SSSR count). The minimum absolute atomic E-state index is 0.00792. The van der Waals surface area contributed by atoms with Crippen LogP contribution in [-0.4, -0.2) is 34.5 Å². The number of hydrazone groups is 1. The van der Waals surface area contributed by atoms with E-state index in [2.05, 4.69) is 15.8 Å². The summed E-state index contributed by atoms with van der Waals surface area (Å²) in [5.41, 5.74) is 2.62. The number of aromatic hydroxyl groups is 1. The Hall–Kier alpha value is -2.42. The standard InChI is InChI=1S/C15H20N4O4S/c1-23-13-8-12(19(21)22)7-10(14(13)20)9-16-18-15(24)17-11-5-3-2-4-6-11/h7-9,11,20H,2-6H2,1H3,(H2,17,18,24)/b16-9+. The molecule has 0 bridgehead atoms. The third kappa shape index (κ3) is 4.79. The minimum atomic E-state index is -0.567. The van der Waals surface area contributed by atoms with Gasteiger partial charge in [0.1, 0.15) is 0 Å². The van der Waals surface area contributed by atoms with Gasteiger partial charge in [-0.15, -0.1) is 0 Å². The molecule has 0 heterocycles. The average molecular weight is 352 g/mol. The van der Waals surface area contributed by atoms with Crippen LogP contribution in [0.3, 0.4) is 0 Å². The summed E-state index contributed by atoms with van der Waals surface area (Å²) in [6.07, 6.45) is 7.04. The summed E-state index contributed by atoms with van der Waals surface area (Å²) in [6, 6.07) is 2.70. The van der Waals surface area contributed by atoms with Gasteiger partial charge >= 0.3 is 0 Å². The fraction of sp³-hybridized carbons (Fsp3) is 0.467. The van der Waals surface area contributed by atoms with Crippen molar-refractivity contribution >= 4 is 29.2 Å². The monoisotopic (exact) mass is 352 g/mol. The van der Waals surface area contributed by atoms with Crippen molar-refractivity contribution in [3.05, 3.63) is 27.8 Å². The molecular formula is C15H20N4O4S. The Morgan fingerprint density at radius 1 is 1.46 bits per heavy atom. The molecule has 1 aliphatic carbocycles. The Morgan fingerprint density at radius 2 is 2.17 bits per heavy atom. The van der Waals surface area contributed by atoms with E-state index >= 15 is 0 Å². The van der Waals surface area contributed by atoms with Gasteiger partial charge in [-0.1, -0.05) is 19.3 Å². The molecule has 0 aromatic heterocycles. The van der Waals surface area contributed by atoms with Crippen LogP contribution in [0.25, 0.3) is 0 Å². The number of ether oxygens (including phenoxy) is 1. The largest absolute Gasteiger partial charge is 0.504 e. The summed E-state index contributed by atoms with van der Waals surface area (Å²) >= 11 is 5.17. The highest BCUT2D eigenvalue weighted by atomic mass is 32.1. The molecule has 0 unspecified atom stereocenters. The molecule has 24 heavy (non-hydrogen) atoms. The normalized spacial score (nSPS) is 15.2. The molecule has 130 valence electrons. The number of phenolic OH excluding ortho intramolecular Hbond substituents is 1. The third-order valence-electron chi connectivity index (χ3n) is 3.83. The van der Waals surface area contributed by atoms with E-state index in [0.29, 0.717) is 11.2 Å². The van der Waals surface area contributed by atoms with Crippen molar-refractivity contribution in [3.63, 3.8) is 0 Å². The maximum Gasteiger partial charge on any atom is 0.274 e. The molecule has 1 aromatic carbocycles. The Kier molecular flexibility index (Phi) is 6.30. The number of hydrogen-bond donors (Lipinski definition) is 3. The van der Waals surface area contributed by atoms with Crippen LogP contribution in [0, 0.1) is 10.1 Å². The van der Waals surface area contributed by atoms with Crippen molar-refractivity contribution in [3.8, 4) is 11.5 Å². The van der Waals surface area contributed by atoms with Gasteiger partial charge in [-0.25, -0.2) is 0 Å². The first-order valence-corrected chi connectivity index (χ1v) is 8.07. The summed E-state index contributed by atoms with van der Waals surface area (Å²) in [4.78, 5) is 10.3. The van der Waals surface area contributed by atoms with Gasteiger partial charge in [-0.2, -0.15) is 5.10 Å². The van der Waals surface area contributed by atoms with E-state index in [4.69, 9.17) is 17.0 Å². The number of benzene rings is 1. The zero-order valence-electron chi connectivity index (χ0n) is 13.3. The van der Waals surface area contributed by atoms with Crippen LogP contribution >= 0.6 is 12.2 Å². The van der Waals surface area contributed by atoms with Gasteiger partial charge in [0.2, 0.25) is 0 Å². The summed E-state index contributed by atoms with van der Waals surface area (Å²) in [7, 11) is 1.32. The van der Waals surface area contributed by atoms with Crippen LogP contribution in [0.4, 0.5) is 5.69 Å². The maximum atomic E-state index is 10.9. The number of nitro benzene ring substituents is 1. The number of methoxy groups -OCH3 is 1. The lowest BCUT2D eigenvalue weighted by molar-refractivity contribution is -0.385. The van der Waals surface area contributed by atoms with Crippen molar-refractivity contribution in [1.82, 2.24) is 10.7 Å². The zero-order chi connectivity index (χ0) is 17.5. The highest BCUT2D eigenvalue weighted by Crippen LogP contribution is 2.33. The number of nitro groups is 1. The predicted molar refractivity (Wildman–Crippen MR) is 94.6 cm³/mol. The lowest BCUT2D eigenvalue weighted by Gasteiger charge is -2.23. The van der Waals surface area contributed by atoms with E-state index in [1.165, 1.54) is 38.7 Å². The van der Waals surface area contributed by atoms with Crippen LogP contribution in [0.15, 0.2) is 17.2 Å². The van der Waals surface area contributed by atoms with E-state index in [1.54, 1.807) is 0 Å². The van der Waals surface area contributed by atoms with Crippen LogP contribution in [0.1, 0.15) is 37.7 Å². The smallest absolute Gasteiger partial charge is 0.274 e. The molecule has 3 N–H and O–H groups in total. The molecule has 9 heteroatoms. The molecule has 1 saturated carbocycles. The first kappa shape index (κ1) is 17.9. The average Bonchev–Trinajstić information content (AvgIpc) is 2.57. The Labute approximate surface area is 145 Å². The molecule has 0 saturated heterocycles. The summed E-state index contributed by atoms with van der Waals surface area (Å²) in [5, 5.41) is 28.4. The molecule has 0 radical (unpaired) electrons. The maximum absolute atomic E-state index is 10.9. The van der Waals surface area contributed by atoms with Crippen LogP contribution < -0.4 is 15.5 Å². The highest BCUT2D eigenvalue weighted by molar-refractivity contribution is 7.80. The fourth-order valence-corrected chi connectivity index (χ4v) is 2.82. The molecule has 0 amide bonds. The van der Waals surface area contributed by atoms with E-state index in [-0.39, 0.29) is 22.7 Å². The lowest BCUT2D eigenvalue weighted by atomic mass is 9.96. The van der Waals surface area contributed by atoms with Gasteiger partial charge in [-0.3, -0.25) is 15.5 Å². The second kappa shape index (κ2) is 8.44. The summed E-state index contributed by atoms with van der Waals surface area (Å²) in [6.45, 7) is 0. The number of hydrogen-bond acceptors (Lipinski definition) is 6. The molecule has 1 aliphatic rings. The van der Waals surface area contributed by atoms with E-state index < -0.39 is 4.92 Å².